The normalized spacial score (nSPS) is 20.5. The molecule has 1 aliphatic carbocycles. The lowest BCUT2D eigenvalue weighted by Crippen LogP contribution is -2.20. The smallest absolute Gasteiger partial charge is 0.125 e. The van der Waals surface area contributed by atoms with Crippen molar-refractivity contribution in [2.45, 2.75) is 33.2 Å². The molecule has 0 fully saturated rings. The van der Waals surface area contributed by atoms with Crippen LogP contribution in [0.1, 0.15) is 27.7 Å². The van der Waals surface area contributed by atoms with Gasteiger partial charge >= 0.3 is 6.00 Å². The summed E-state index contributed by atoms with van der Waals surface area (Å²) < 4.78 is 0. The first kappa shape index (κ1) is 11.6. The largest absolute Gasteiger partial charge is 0.351 e. The molecule has 0 aromatic carbocycles. The monoisotopic (exact) mass is 254 g/mol. The van der Waals surface area contributed by atoms with Crippen LogP contribution < -0.4 is 0 Å². The van der Waals surface area contributed by atoms with Crippen LogP contribution in [-0.2, 0) is 0 Å². The fourth-order valence-electron chi connectivity index (χ4n) is 1.84. The van der Waals surface area contributed by atoms with E-state index in [1.54, 1.807) is 0 Å². The number of allylic oxidation sites excluding steroid dienone is 4. The molecule has 13 heavy (non-hydrogen) atoms. The number of rotatable bonds is 1. The van der Waals surface area contributed by atoms with E-state index in [0.717, 1.165) is 0 Å². The van der Waals surface area contributed by atoms with Crippen molar-refractivity contribution < 1.29 is 0 Å². The molecule has 0 radical (unpaired) electrons. The molecular formula is C9H13Cl3Si. The summed E-state index contributed by atoms with van der Waals surface area (Å²) in [5, 5.41) is 0. The Bertz CT molecular complexity index is 272. The highest BCUT2D eigenvalue weighted by atomic mass is 35.8. The number of hydrogen-bond acceptors (Lipinski definition) is 0. The minimum atomic E-state index is -2.63. The average molecular weight is 256 g/mol. The van der Waals surface area contributed by atoms with Gasteiger partial charge in [-0.05, 0) is 38.8 Å². The SMILES string of the molecule is CC1=C(C)C([Si](Cl)(Cl)Cl)C(C)=C1C. The van der Waals surface area contributed by atoms with E-state index in [9.17, 15) is 0 Å². The molecule has 0 amide bonds. The van der Waals surface area contributed by atoms with Gasteiger partial charge in [0.25, 0.3) is 0 Å². The topological polar surface area (TPSA) is 0 Å². The van der Waals surface area contributed by atoms with E-state index >= 15 is 0 Å². The Morgan fingerprint density at radius 2 is 1.15 bits per heavy atom. The lowest BCUT2D eigenvalue weighted by atomic mass is 10.1. The molecule has 0 atom stereocenters. The molecule has 4 heteroatoms. The highest BCUT2D eigenvalue weighted by molar-refractivity contribution is 7.65. The van der Waals surface area contributed by atoms with Crippen LogP contribution in [0.25, 0.3) is 0 Å². The standard InChI is InChI=1S/C9H13Cl3Si/c1-5-6(2)8(4)9(7(5)3)13(10,11)12/h9H,1-4H3. The van der Waals surface area contributed by atoms with Gasteiger partial charge in [-0.15, -0.1) is 33.2 Å². The van der Waals surface area contributed by atoms with Crippen molar-refractivity contribution in [2.24, 2.45) is 0 Å². The van der Waals surface area contributed by atoms with Crippen LogP contribution in [-0.4, -0.2) is 6.00 Å². The molecule has 0 aliphatic heterocycles. The zero-order valence-electron chi connectivity index (χ0n) is 8.21. The summed E-state index contributed by atoms with van der Waals surface area (Å²) in [6.07, 6.45) is 0. The average Bonchev–Trinajstić information content (AvgIpc) is 2.14. The van der Waals surface area contributed by atoms with Crippen LogP contribution >= 0.6 is 33.2 Å². The molecule has 0 aromatic heterocycles. The predicted octanol–water partition coefficient (Wildman–Crippen LogP) is 4.70. The Balaban J connectivity index is 3.18. The molecule has 0 bridgehead atoms. The summed E-state index contributed by atoms with van der Waals surface area (Å²) in [5.74, 6) is 0. The molecule has 1 aliphatic rings. The minimum Gasteiger partial charge on any atom is -0.125 e. The lowest BCUT2D eigenvalue weighted by Gasteiger charge is -2.20. The second-order valence-corrected chi connectivity index (χ2v) is 12.4. The number of halogens is 3. The Hall–Kier alpha value is 0.567. The van der Waals surface area contributed by atoms with Crippen molar-refractivity contribution in [3.8, 4) is 0 Å². The fourth-order valence-corrected chi connectivity index (χ4v) is 6.20. The van der Waals surface area contributed by atoms with Crippen LogP contribution in [0.4, 0.5) is 0 Å². The van der Waals surface area contributed by atoms with Crippen LogP contribution in [0.3, 0.4) is 0 Å². The maximum atomic E-state index is 6.06. The molecule has 0 saturated heterocycles. The number of hydrogen-bond donors (Lipinski definition) is 0. The van der Waals surface area contributed by atoms with Crippen molar-refractivity contribution in [1.29, 1.82) is 0 Å². The van der Waals surface area contributed by atoms with Crippen molar-refractivity contribution in [1.82, 2.24) is 0 Å². The molecule has 0 spiro atoms. The quantitative estimate of drug-likeness (QED) is 0.471. The molecule has 0 heterocycles. The van der Waals surface area contributed by atoms with Crippen LogP contribution in [0, 0.1) is 0 Å². The summed E-state index contributed by atoms with van der Waals surface area (Å²) in [5.41, 5.74) is 5.16. The van der Waals surface area contributed by atoms with Crippen LogP contribution in [0.15, 0.2) is 22.3 Å². The molecule has 0 nitrogen and oxygen atoms in total. The van der Waals surface area contributed by atoms with E-state index < -0.39 is 6.00 Å². The molecule has 0 N–H and O–H groups in total. The van der Waals surface area contributed by atoms with Crippen molar-refractivity contribution in [3.05, 3.63) is 22.3 Å². The molecule has 0 unspecified atom stereocenters. The first-order chi connectivity index (χ1) is 5.76. The molecule has 0 saturated carbocycles. The summed E-state index contributed by atoms with van der Waals surface area (Å²) in [6, 6.07) is -2.63. The van der Waals surface area contributed by atoms with Crippen LogP contribution in [0.5, 0.6) is 0 Å². The zero-order valence-corrected chi connectivity index (χ0v) is 11.5. The van der Waals surface area contributed by atoms with Gasteiger partial charge < -0.3 is 0 Å². The third-order valence-electron chi connectivity index (χ3n) is 2.94. The Morgan fingerprint density at radius 1 is 0.846 bits per heavy atom. The predicted molar refractivity (Wildman–Crippen MR) is 63.8 cm³/mol. The highest BCUT2D eigenvalue weighted by Gasteiger charge is 2.42. The zero-order chi connectivity index (χ0) is 10.4. The minimum absolute atomic E-state index is 0.0949. The van der Waals surface area contributed by atoms with E-state index in [-0.39, 0.29) is 5.54 Å². The first-order valence-corrected chi connectivity index (χ1v) is 9.30. The van der Waals surface area contributed by atoms with E-state index in [1.165, 1.54) is 22.3 Å². The van der Waals surface area contributed by atoms with Gasteiger partial charge in [-0.3, -0.25) is 0 Å². The van der Waals surface area contributed by atoms with Gasteiger partial charge in [0.2, 0.25) is 0 Å². The van der Waals surface area contributed by atoms with Gasteiger partial charge in [0.15, 0.2) is 0 Å². The van der Waals surface area contributed by atoms with Crippen LogP contribution in [0.2, 0.25) is 5.54 Å². The van der Waals surface area contributed by atoms with Gasteiger partial charge in [-0.2, -0.15) is 0 Å². The summed E-state index contributed by atoms with van der Waals surface area (Å²) in [4.78, 5) is 0. The Kier molecular flexibility index (Phi) is 3.24. The summed E-state index contributed by atoms with van der Waals surface area (Å²) in [6.45, 7) is 8.32. The van der Waals surface area contributed by atoms with E-state index in [4.69, 9.17) is 33.2 Å². The maximum absolute atomic E-state index is 6.06. The maximum Gasteiger partial charge on any atom is 0.351 e. The lowest BCUT2D eigenvalue weighted by molar-refractivity contribution is 1.11. The molecular weight excluding hydrogens is 243 g/mol. The van der Waals surface area contributed by atoms with E-state index in [2.05, 4.69) is 27.7 Å². The van der Waals surface area contributed by atoms with Gasteiger partial charge in [-0.25, -0.2) is 0 Å². The third-order valence-corrected chi connectivity index (χ3v) is 6.42. The summed E-state index contributed by atoms with van der Waals surface area (Å²) in [7, 11) is 0. The molecule has 74 valence electrons. The highest BCUT2D eigenvalue weighted by Crippen LogP contribution is 2.50. The van der Waals surface area contributed by atoms with Crippen molar-refractivity contribution in [2.75, 3.05) is 0 Å². The Labute approximate surface area is 94.7 Å². The summed E-state index contributed by atoms with van der Waals surface area (Å²) >= 11 is 18.2. The second kappa shape index (κ2) is 3.61. The van der Waals surface area contributed by atoms with E-state index in [0.29, 0.717) is 0 Å². The second-order valence-electron chi connectivity index (χ2n) is 3.59. The Morgan fingerprint density at radius 3 is 1.31 bits per heavy atom. The van der Waals surface area contributed by atoms with Crippen molar-refractivity contribution in [3.63, 3.8) is 0 Å². The van der Waals surface area contributed by atoms with Gasteiger partial charge in [0, 0.05) is 5.54 Å². The molecule has 0 aromatic rings. The van der Waals surface area contributed by atoms with Crippen molar-refractivity contribution >= 4 is 39.2 Å². The fraction of sp³-hybridized carbons (Fsp3) is 0.556. The van der Waals surface area contributed by atoms with Gasteiger partial charge in [-0.1, -0.05) is 11.1 Å². The third kappa shape index (κ3) is 1.99. The molecule has 1 rings (SSSR count). The van der Waals surface area contributed by atoms with E-state index in [1.807, 2.05) is 0 Å². The first-order valence-electron chi connectivity index (χ1n) is 4.18. The van der Waals surface area contributed by atoms with Gasteiger partial charge in [0.05, 0.1) is 0 Å². The van der Waals surface area contributed by atoms with Gasteiger partial charge in [0.1, 0.15) is 0 Å².